The maximum Gasteiger partial charge on any atom is 0.189 e. The van der Waals surface area contributed by atoms with Crippen molar-refractivity contribution in [3.05, 3.63) is 132 Å². The number of hydrogen-bond acceptors (Lipinski definition) is 2. The summed E-state index contributed by atoms with van der Waals surface area (Å²) in [4.78, 5) is 4.61. The molecule has 0 spiro atoms. The predicted molar refractivity (Wildman–Crippen MR) is 141 cm³/mol. The van der Waals surface area contributed by atoms with Crippen LogP contribution in [0.15, 0.2) is 115 Å². The van der Waals surface area contributed by atoms with Crippen molar-refractivity contribution in [3.63, 3.8) is 0 Å². The number of benzene rings is 4. The SMILES string of the molecule is Cc1cccnc1P(=O)(c1ccccc1)c1ccccc1/C=C/c1ccc2ccccc2c1. The maximum atomic E-state index is 14.9. The third-order valence-electron chi connectivity index (χ3n) is 5.90. The second-order valence-electron chi connectivity index (χ2n) is 8.09. The van der Waals surface area contributed by atoms with Crippen LogP contribution in [0.4, 0.5) is 0 Å². The highest BCUT2D eigenvalue weighted by atomic mass is 31.2. The van der Waals surface area contributed by atoms with Crippen LogP contribution in [0.2, 0.25) is 0 Å². The average molecular weight is 446 g/mol. The normalized spacial score (nSPS) is 13.2. The third kappa shape index (κ3) is 4.06. The van der Waals surface area contributed by atoms with Gasteiger partial charge in [0, 0.05) is 16.8 Å². The lowest BCUT2D eigenvalue weighted by atomic mass is 10.1. The minimum Gasteiger partial charge on any atom is -0.307 e. The van der Waals surface area contributed by atoms with Crippen LogP contribution in [-0.2, 0) is 4.57 Å². The van der Waals surface area contributed by atoms with E-state index in [9.17, 15) is 4.57 Å². The van der Waals surface area contributed by atoms with E-state index in [-0.39, 0.29) is 0 Å². The molecule has 4 aromatic carbocycles. The zero-order chi connectivity index (χ0) is 22.7. The van der Waals surface area contributed by atoms with Crippen LogP contribution >= 0.6 is 7.14 Å². The Kier molecular flexibility index (Phi) is 5.77. The zero-order valence-corrected chi connectivity index (χ0v) is 19.3. The van der Waals surface area contributed by atoms with Gasteiger partial charge in [-0.3, -0.25) is 4.98 Å². The van der Waals surface area contributed by atoms with Gasteiger partial charge in [-0.1, -0.05) is 109 Å². The first-order valence-corrected chi connectivity index (χ1v) is 12.7. The molecular formula is C30H24NOP. The molecule has 0 aliphatic heterocycles. The van der Waals surface area contributed by atoms with Gasteiger partial charge < -0.3 is 4.57 Å². The molecule has 0 fully saturated rings. The van der Waals surface area contributed by atoms with E-state index in [1.807, 2.05) is 73.7 Å². The molecule has 0 bridgehead atoms. The number of fused-ring (bicyclic) bond motifs is 1. The van der Waals surface area contributed by atoms with E-state index < -0.39 is 7.14 Å². The number of aryl methyl sites for hydroxylation is 1. The highest BCUT2D eigenvalue weighted by molar-refractivity contribution is 7.85. The summed E-state index contributed by atoms with van der Waals surface area (Å²) in [6.07, 6.45) is 5.88. The van der Waals surface area contributed by atoms with E-state index in [4.69, 9.17) is 0 Å². The fourth-order valence-corrected chi connectivity index (χ4v) is 7.19. The van der Waals surface area contributed by atoms with E-state index in [0.29, 0.717) is 5.44 Å². The lowest BCUT2D eigenvalue weighted by Gasteiger charge is -2.22. The van der Waals surface area contributed by atoms with Gasteiger partial charge in [0.25, 0.3) is 0 Å². The van der Waals surface area contributed by atoms with Gasteiger partial charge in [-0.2, -0.15) is 0 Å². The van der Waals surface area contributed by atoms with Crippen molar-refractivity contribution in [1.29, 1.82) is 0 Å². The molecule has 0 aliphatic rings. The molecule has 2 nitrogen and oxygen atoms in total. The van der Waals surface area contributed by atoms with E-state index in [0.717, 1.165) is 27.3 Å². The van der Waals surface area contributed by atoms with Crippen LogP contribution in [0, 0.1) is 6.92 Å². The van der Waals surface area contributed by atoms with Crippen molar-refractivity contribution in [2.75, 3.05) is 0 Å². The standard InChI is InChI=1S/C30H24NOP/c1-23-10-9-21-31-30(23)33(32,28-14-3-2-4-15-28)29-16-8-7-12-26(29)20-18-24-17-19-25-11-5-6-13-27(25)22-24/h2-22H,1H3/b20-18+. The second kappa shape index (κ2) is 9.02. The van der Waals surface area contributed by atoms with Crippen LogP contribution in [-0.4, -0.2) is 4.98 Å². The predicted octanol–water partition coefficient (Wildman–Crippen LogP) is 6.35. The molecule has 0 amide bonds. The fourth-order valence-electron chi connectivity index (χ4n) is 4.23. The molecule has 0 N–H and O–H groups in total. The van der Waals surface area contributed by atoms with Crippen LogP contribution < -0.4 is 16.0 Å². The van der Waals surface area contributed by atoms with Crippen LogP contribution in [0.1, 0.15) is 16.7 Å². The first-order valence-electron chi connectivity index (χ1n) is 11.0. The summed E-state index contributed by atoms with van der Waals surface area (Å²) in [5, 5.41) is 4.01. The van der Waals surface area contributed by atoms with E-state index in [1.165, 1.54) is 10.8 Å². The van der Waals surface area contributed by atoms with E-state index in [2.05, 4.69) is 59.6 Å². The van der Waals surface area contributed by atoms with Crippen molar-refractivity contribution in [2.45, 2.75) is 6.92 Å². The highest BCUT2D eigenvalue weighted by Gasteiger charge is 2.33. The molecule has 1 aromatic heterocycles. The summed E-state index contributed by atoms with van der Waals surface area (Å²) in [7, 11) is -3.17. The quantitative estimate of drug-likeness (QED) is 0.233. The Bertz CT molecular complexity index is 1500. The summed E-state index contributed by atoms with van der Waals surface area (Å²) >= 11 is 0. The molecule has 0 saturated carbocycles. The van der Waals surface area contributed by atoms with Gasteiger partial charge in [0.1, 0.15) is 5.44 Å². The Morgan fingerprint density at radius 1 is 0.697 bits per heavy atom. The Labute approximate surface area is 194 Å². The van der Waals surface area contributed by atoms with Crippen LogP contribution in [0.25, 0.3) is 22.9 Å². The number of nitrogens with zero attached hydrogens (tertiary/aromatic N) is 1. The van der Waals surface area contributed by atoms with Gasteiger partial charge in [-0.25, -0.2) is 0 Å². The molecule has 0 aliphatic carbocycles. The summed E-state index contributed by atoms with van der Waals surface area (Å²) < 4.78 is 14.9. The first-order chi connectivity index (χ1) is 16.2. The van der Waals surface area contributed by atoms with Crippen molar-refractivity contribution in [2.24, 2.45) is 0 Å². The summed E-state index contributed by atoms with van der Waals surface area (Å²) in [6, 6.07) is 36.3. The molecule has 0 radical (unpaired) electrons. The van der Waals surface area contributed by atoms with Gasteiger partial charge in [0.2, 0.25) is 0 Å². The van der Waals surface area contributed by atoms with Gasteiger partial charge >= 0.3 is 0 Å². The lowest BCUT2D eigenvalue weighted by Crippen LogP contribution is -2.29. The minimum atomic E-state index is -3.17. The molecule has 5 aromatic rings. The highest BCUT2D eigenvalue weighted by Crippen LogP contribution is 2.43. The van der Waals surface area contributed by atoms with Crippen LogP contribution in [0.3, 0.4) is 0 Å². The van der Waals surface area contributed by atoms with E-state index >= 15 is 0 Å². The molecule has 1 atom stereocenters. The van der Waals surface area contributed by atoms with Crippen molar-refractivity contribution in [1.82, 2.24) is 4.98 Å². The van der Waals surface area contributed by atoms with E-state index in [1.54, 1.807) is 6.20 Å². The molecule has 3 heteroatoms. The summed E-state index contributed by atoms with van der Waals surface area (Å²) in [5.74, 6) is 0. The average Bonchev–Trinajstić information content (AvgIpc) is 2.88. The molecular weight excluding hydrogens is 421 g/mol. The molecule has 1 heterocycles. The molecule has 160 valence electrons. The topological polar surface area (TPSA) is 30.0 Å². The molecule has 0 saturated heterocycles. The molecule has 1 unspecified atom stereocenters. The summed E-state index contributed by atoms with van der Waals surface area (Å²) in [6.45, 7) is 1.98. The minimum absolute atomic E-state index is 0.641. The van der Waals surface area contributed by atoms with Gasteiger partial charge in [-0.05, 0) is 46.5 Å². The number of rotatable bonds is 5. The summed E-state index contributed by atoms with van der Waals surface area (Å²) in [5.41, 5.74) is 3.61. The Balaban J connectivity index is 1.66. The fraction of sp³-hybridized carbons (Fsp3) is 0.0333. The smallest absolute Gasteiger partial charge is 0.189 e. The Hall–Kier alpha value is -3.74. The Morgan fingerprint density at radius 3 is 2.24 bits per heavy atom. The van der Waals surface area contributed by atoms with Gasteiger partial charge in [-0.15, -0.1) is 0 Å². The number of hydrogen-bond donors (Lipinski definition) is 0. The monoisotopic (exact) mass is 445 g/mol. The molecule has 33 heavy (non-hydrogen) atoms. The van der Waals surface area contributed by atoms with Crippen molar-refractivity contribution in [3.8, 4) is 0 Å². The Morgan fingerprint density at radius 2 is 1.42 bits per heavy atom. The second-order valence-corrected chi connectivity index (χ2v) is 10.7. The zero-order valence-electron chi connectivity index (χ0n) is 18.4. The van der Waals surface area contributed by atoms with Gasteiger partial charge in [0.15, 0.2) is 7.14 Å². The number of pyridine rings is 1. The van der Waals surface area contributed by atoms with Crippen molar-refractivity contribution < 1.29 is 4.57 Å². The van der Waals surface area contributed by atoms with Crippen molar-refractivity contribution >= 4 is 46.1 Å². The first kappa shape index (κ1) is 21.1. The maximum absolute atomic E-state index is 14.9. The van der Waals surface area contributed by atoms with Gasteiger partial charge in [0.05, 0.1) is 0 Å². The lowest BCUT2D eigenvalue weighted by molar-refractivity contribution is 0.592. The largest absolute Gasteiger partial charge is 0.307 e. The number of aromatic nitrogens is 1. The third-order valence-corrected chi connectivity index (χ3v) is 9.08. The molecule has 5 rings (SSSR count). The van der Waals surface area contributed by atoms with Crippen LogP contribution in [0.5, 0.6) is 0 Å².